The fourth-order valence-corrected chi connectivity index (χ4v) is 1.54. The van der Waals surface area contributed by atoms with Gasteiger partial charge in [0.2, 0.25) is 0 Å². The first kappa shape index (κ1) is 12.5. The van der Waals surface area contributed by atoms with Crippen LogP contribution in [-0.4, -0.2) is 18.9 Å². The van der Waals surface area contributed by atoms with Crippen molar-refractivity contribution in [2.75, 3.05) is 12.8 Å². The summed E-state index contributed by atoms with van der Waals surface area (Å²) in [6.07, 6.45) is 0. The fourth-order valence-electron chi connectivity index (χ4n) is 1.36. The van der Waals surface area contributed by atoms with Gasteiger partial charge in [0.1, 0.15) is 5.38 Å². The van der Waals surface area contributed by atoms with Gasteiger partial charge in [-0.3, -0.25) is 4.79 Å². The molecule has 0 aromatic heterocycles. The summed E-state index contributed by atoms with van der Waals surface area (Å²) >= 11 is 5.91. The molecule has 0 amide bonds. The molecule has 0 aliphatic rings. The maximum absolute atomic E-state index is 11.5. The van der Waals surface area contributed by atoms with Crippen molar-refractivity contribution in [1.29, 1.82) is 0 Å². The number of halogens is 1. The van der Waals surface area contributed by atoms with Crippen LogP contribution in [0.4, 0.5) is 5.69 Å². The minimum atomic E-state index is -0.891. The molecule has 0 radical (unpaired) electrons. The lowest BCUT2D eigenvalue weighted by molar-refractivity contribution is -0.116. The number of esters is 1. The Hall–Kier alpha value is -1.55. The third-order valence-corrected chi connectivity index (χ3v) is 2.69. The minimum absolute atomic E-state index is 0.153. The molecule has 0 spiro atoms. The van der Waals surface area contributed by atoms with E-state index < -0.39 is 11.3 Å². The number of ether oxygens (including phenoxy) is 1. The van der Waals surface area contributed by atoms with Gasteiger partial charge < -0.3 is 10.5 Å². The molecule has 2 N–H and O–H groups in total. The molecule has 86 valence electrons. The van der Waals surface area contributed by atoms with E-state index in [0.717, 1.165) is 0 Å². The van der Waals surface area contributed by atoms with Crippen LogP contribution in [0.3, 0.4) is 0 Å². The lowest BCUT2D eigenvalue weighted by Crippen LogP contribution is -2.13. The lowest BCUT2D eigenvalue weighted by Gasteiger charge is -2.12. The maximum atomic E-state index is 11.5. The van der Waals surface area contributed by atoms with Crippen molar-refractivity contribution in [3.05, 3.63) is 29.3 Å². The molecule has 0 saturated carbocycles. The summed E-state index contributed by atoms with van der Waals surface area (Å²) in [5.41, 5.74) is 6.44. The highest BCUT2D eigenvalue weighted by atomic mass is 35.5. The number of methoxy groups -OCH3 is 1. The van der Waals surface area contributed by atoms with Crippen LogP contribution >= 0.6 is 11.6 Å². The topological polar surface area (TPSA) is 69.4 Å². The van der Waals surface area contributed by atoms with Crippen molar-refractivity contribution in [2.45, 2.75) is 12.3 Å². The molecule has 0 fully saturated rings. The monoisotopic (exact) mass is 241 g/mol. The van der Waals surface area contributed by atoms with E-state index >= 15 is 0 Å². The molecule has 0 bridgehead atoms. The van der Waals surface area contributed by atoms with Crippen LogP contribution in [0.1, 0.15) is 28.2 Å². The molecule has 16 heavy (non-hydrogen) atoms. The number of anilines is 1. The molecule has 0 aliphatic heterocycles. The van der Waals surface area contributed by atoms with E-state index in [2.05, 4.69) is 4.74 Å². The maximum Gasteiger partial charge on any atom is 0.340 e. The van der Waals surface area contributed by atoms with Gasteiger partial charge in [-0.15, -0.1) is 11.6 Å². The SMILES string of the molecule is COC(=O)c1c(N)cccc1C(Cl)C(C)=O. The summed E-state index contributed by atoms with van der Waals surface area (Å²) in [6, 6.07) is 4.77. The zero-order valence-corrected chi connectivity index (χ0v) is 9.75. The van der Waals surface area contributed by atoms with Gasteiger partial charge in [0.05, 0.1) is 12.7 Å². The third kappa shape index (κ3) is 2.33. The Kier molecular flexibility index (Phi) is 3.90. The highest BCUT2D eigenvalue weighted by molar-refractivity contribution is 6.31. The van der Waals surface area contributed by atoms with E-state index in [1.165, 1.54) is 14.0 Å². The van der Waals surface area contributed by atoms with Gasteiger partial charge in [0.25, 0.3) is 0 Å². The molecule has 5 heteroatoms. The van der Waals surface area contributed by atoms with E-state index in [0.29, 0.717) is 5.56 Å². The number of nitrogens with two attached hydrogens (primary N) is 1. The molecule has 0 heterocycles. The van der Waals surface area contributed by atoms with Crippen molar-refractivity contribution in [2.24, 2.45) is 0 Å². The van der Waals surface area contributed by atoms with E-state index in [1.807, 2.05) is 0 Å². The Bertz CT molecular complexity index is 431. The number of rotatable bonds is 3. The Morgan fingerprint density at radius 3 is 2.56 bits per heavy atom. The summed E-state index contributed by atoms with van der Waals surface area (Å²) in [4.78, 5) is 22.7. The molecule has 4 nitrogen and oxygen atoms in total. The minimum Gasteiger partial charge on any atom is -0.465 e. The Balaban J connectivity index is 3.33. The Morgan fingerprint density at radius 2 is 2.06 bits per heavy atom. The first-order valence-electron chi connectivity index (χ1n) is 4.60. The number of nitrogen functional groups attached to an aromatic ring is 1. The number of alkyl halides is 1. The molecular formula is C11H12ClNO3. The first-order valence-corrected chi connectivity index (χ1v) is 5.04. The van der Waals surface area contributed by atoms with Crippen molar-refractivity contribution in [3.8, 4) is 0 Å². The summed E-state index contributed by atoms with van der Waals surface area (Å²) in [5.74, 6) is -0.850. The second-order valence-corrected chi connectivity index (χ2v) is 3.71. The van der Waals surface area contributed by atoms with Gasteiger partial charge >= 0.3 is 5.97 Å². The standard InChI is InChI=1S/C11H12ClNO3/c1-6(14)10(12)7-4-3-5-8(13)9(7)11(15)16-2/h3-5,10H,13H2,1-2H3. The molecule has 1 aromatic rings. The summed E-state index contributed by atoms with van der Waals surface area (Å²) in [5, 5.41) is -0.891. The summed E-state index contributed by atoms with van der Waals surface area (Å²) in [6.45, 7) is 1.35. The largest absolute Gasteiger partial charge is 0.465 e. The molecule has 1 atom stereocenters. The predicted octanol–water partition coefficient (Wildman–Crippen LogP) is 1.92. The number of hydrogen-bond acceptors (Lipinski definition) is 4. The van der Waals surface area contributed by atoms with Crippen LogP contribution in [0.15, 0.2) is 18.2 Å². The van der Waals surface area contributed by atoms with Gasteiger partial charge in [0, 0.05) is 5.69 Å². The van der Waals surface area contributed by atoms with Gasteiger partial charge in [-0.1, -0.05) is 12.1 Å². The average Bonchev–Trinajstić information content (AvgIpc) is 2.26. The zero-order valence-electron chi connectivity index (χ0n) is 8.99. The molecule has 0 aliphatic carbocycles. The molecule has 1 rings (SSSR count). The Morgan fingerprint density at radius 1 is 1.44 bits per heavy atom. The average molecular weight is 242 g/mol. The van der Waals surface area contributed by atoms with Crippen molar-refractivity contribution >= 4 is 29.0 Å². The third-order valence-electron chi connectivity index (χ3n) is 2.15. The van der Waals surface area contributed by atoms with Crippen LogP contribution in [0, 0.1) is 0 Å². The molecule has 1 aromatic carbocycles. The van der Waals surface area contributed by atoms with Gasteiger partial charge in [-0.25, -0.2) is 4.79 Å². The number of Topliss-reactive ketones (excluding diaryl/α,β-unsaturated/α-hetero) is 1. The van der Waals surface area contributed by atoms with Gasteiger partial charge in [-0.2, -0.15) is 0 Å². The quantitative estimate of drug-likeness (QED) is 0.499. The van der Waals surface area contributed by atoms with Crippen molar-refractivity contribution in [3.63, 3.8) is 0 Å². The van der Waals surface area contributed by atoms with Crippen LogP contribution < -0.4 is 5.73 Å². The Labute approximate surface area is 98.3 Å². The highest BCUT2D eigenvalue weighted by Crippen LogP contribution is 2.28. The second-order valence-electron chi connectivity index (χ2n) is 3.28. The molecular weight excluding hydrogens is 230 g/mol. The van der Waals surface area contributed by atoms with Crippen LogP contribution in [0.2, 0.25) is 0 Å². The van der Waals surface area contributed by atoms with Crippen LogP contribution in [-0.2, 0) is 9.53 Å². The molecule has 1 unspecified atom stereocenters. The number of ketones is 1. The number of carbonyl (C=O) groups excluding carboxylic acids is 2. The molecule has 0 saturated heterocycles. The predicted molar refractivity (Wildman–Crippen MR) is 61.5 cm³/mol. The van der Waals surface area contributed by atoms with Crippen molar-refractivity contribution in [1.82, 2.24) is 0 Å². The van der Waals surface area contributed by atoms with Crippen molar-refractivity contribution < 1.29 is 14.3 Å². The van der Waals surface area contributed by atoms with E-state index in [-0.39, 0.29) is 17.0 Å². The van der Waals surface area contributed by atoms with Gasteiger partial charge in [0.15, 0.2) is 5.78 Å². The summed E-state index contributed by atoms with van der Waals surface area (Å²) in [7, 11) is 1.25. The van der Waals surface area contributed by atoms with Gasteiger partial charge in [-0.05, 0) is 18.6 Å². The lowest BCUT2D eigenvalue weighted by atomic mass is 10.0. The number of carbonyl (C=O) groups is 2. The van der Waals surface area contributed by atoms with Crippen LogP contribution in [0.5, 0.6) is 0 Å². The fraction of sp³-hybridized carbons (Fsp3) is 0.273. The van der Waals surface area contributed by atoms with E-state index in [9.17, 15) is 9.59 Å². The second kappa shape index (κ2) is 4.99. The zero-order chi connectivity index (χ0) is 12.3. The first-order chi connectivity index (χ1) is 7.49. The van der Waals surface area contributed by atoms with Crippen LogP contribution in [0.25, 0.3) is 0 Å². The number of benzene rings is 1. The normalized spacial score (nSPS) is 11.9. The number of hydrogen-bond donors (Lipinski definition) is 1. The smallest absolute Gasteiger partial charge is 0.340 e. The van der Waals surface area contributed by atoms with E-state index in [4.69, 9.17) is 17.3 Å². The summed E-state index contributed by atoms with van der Waals surface area (Å²) < 4.78 is 4.60. The highest BCUT2D eigenvalue weighted by Gasteiger charge is 2.23. The van der Waals surface area contributed by atoms with E-state index in [1.54, 1.807) is 18.2 Å².